The number of carbonyl (C=O) groups is 2. The Morgan fingerprint density at radius 1 is 0.973 bits per heavy atom. The zero-order valence-corrected chi connectivity index (χ0v) is 20.1. The summed E-state index contributed by atoms with van der Waals surface area (Å²) in [6, 6.07) is 6.02. The number of rotatable bonds is 4. The minimum Gasteiger partial charge on any atom is -0.361 e. The highest BCUT2D eigenvalue weighted by Crippen LogP contribution is 2.37. The first-order valence-electron chi connectivity index (χ1n) is 11.7. The van der Waals surface area contributed by atoms with Crippen molar-refractivity contribution in [3.8, 4) is 0 Å². The zero-order chi connectivity index (χ0) is 27.1. The van der Waals surface area contributed by atoms with Crippen LogP contribution in [0.4, 0.5) is 26.3 Å². The first-order chi connectivity index (χ1) is 17.3. The van der Waals surface area contributed by atoms with Crippen LogP contribution >= 0.6 is 0 Å². The molecule has 0 spiro atoms. The van der Waals surface area contributed by atoms with E-state index in [4.69, 9.17) is 0 Å². The van der Waals surface area contributed by atoms with Gasteiger partial charge in [-0.15, -0.1) is 0 Å². The van der Waals surface area contributed by atoms with E-state index < -0.39 is 41.0 Å². The lowest BCUT2D eigenvalue weighted by Crippen LogP contribution is -2.57. The van der Waals surface area contributed by atoms with Crippen LogP contribution in [0.25, 0.3) is 10.9 Å². The number of nitrogens with zero attached hydrogens (tertiary/aromatic N) is 2. The molecule has 1 N–H and O–H groups in total. The van der Waals surface area contributed by atoms with E-state index in [2.05, 4.69) is 4.98 Å². The third-order valence-corrected chi connectivity index (χ3v) is 6.61. The molecule has 198 valence electrons. The molecule has 0 saturated carbocycles. The summed E-state index contributed by atoms with van der Waals surface area (Å²) in [5.74, 6) is -1.09. The highest BCUT2D eigenvalue weighted by Gasteiger charge is 2.39. The van der Waals surface area contributed by atoms with Gasteiger partial charge in [0.2, 0.25) is 5.91 Å². The molecule has 0 radical (unpaired) electrons. The summed E-state index contributed by atoms with van der Waals surface area (Å²) >= 11 is 0. The van der Waals surface area contributed by atoms with E-state index in [0.29, 0.717) is 12.1 Å². The Bertz CT molecular complexity index is 1300. The normalized spacial score (nSPS) is 16.9. The van der Waals surface area contributed by atoms with E-state index in [1.54, 1.807) is 18.0 Å². The number of nitrogens with one attached hydrogen (secondary N) is 1. The molecule has 1 saturated heterocycles. The fourth-order valence-corrected chi connectivity index (χ4v) is 4.71. The third-order valence-electron chi connectivity index (χ3n) is 6.61. The summed E-state index contributed by atoms with van der Waals surface area (Å²) < 4.78 is 80.3. The van der Waals surface area contributed by atoms with Gasteiger partial charge in [0.05, 0.1) is 17.2 Å². The number of amides is 2. The van der Waals surface area contributed by atoms with Crippen molar-refractivity contribution in [1.82, 2.24) is 14.8 Å². The molecule has 2 aromatic carbocycles. The lowest BCUT2D eigenvalue weighted by Gasteiger charge is -2.41. The van der Waals surface area contributed by atoms with Crippen LogP contribution in [0.3, 0.4) is 0 Å². The van der Waals surface area contributed by atoms with Crippen LogP contribution in [0.2, 0.25) is 0 Å². The number of alkyl halides is 6. The van der Waals surface area contributed by atoms with Crippen molar-refractivity contribution >= 4 is 22.7 Å². The zero-order valence-electron chi connectivity index (χ0n) is 20.1. The van der Waals surface area contributed by atoms with Crippen molar-refractivity contribution in [3.63, 3.8) is 0 Å². The number of carbonyl (C=O) groups excluding carboxylic acids is 2. The van der Waals surface area contributed by atoms with Gasteiger partial charge in [-0.1, -0.05) is 18.6 Å². The lowest BCUT2D eigenvalue weighted by molar-refractivity contribution is -0.143. The fraction of sp³-hybridized carbons (Fsp3) is 0.385. The molecule has 0 bridgehead atoms. The molecule has 2 amide bonds. The fourth-order valence-electron chi connectivity index (χ4n) is 4.71. The van der Waals surface area contributed by atoms with Gasteiger partial charge in [-0.05, 0) is 49.2 Å². The number of hydrogen-bond donors (Lipinski definition) is 1. The third kappa shape index (κ3) is 5.60. The van der Waals surface area contributed by atoms with E-state index in [1.165, 1.54) is 4.90 Å². The van der Waals surface area contributed by atoms with Crippen LogP contribution in [0, 0.1) is 6.92 Å². The molecule has 11 heteroatoms. The van der Waals surface area contributed by atoms with Crippen LogP contribution in [0.15, 0.2) is 42.6 Å². The molecule has 1 fully saturated rings. The molecule has 0 aliphatic carbocycles. The Balaban J connectivity index is 1.73. The number of benzene rings is 2. The van der Waals surface area contributed by atoms with Crippen molar-refractivity contribution in [3.05, 3.63) is 70.4 Å². The summed E-state index contributed by atoms with van der Waals surface area (Å²) in [4.78, 5) is 31.8. The van der Waals surface area contributed by atoms with Crippen molar-refractivity contribution in [2.24, 2.45) is 0 Å². The number of H-pyrrole nitrogens is 1. The molecule has 37 heavy (non-hydrogen) atoms. The first-order valence-corrected chi connectivity index (χ1v) is 11.7. The van der Waals surface area contributed by atoms with Crippen LogP contribution < -0.4 is 0 Å². The molecule has 1 unspecified atom stereocenters. The maximum Gasteiger partial charge on any atom is 0.416 e. The van der Waals surface area contributed by atoms with Gasteiger partial charge >= 0.3 is 12.4 Å². The average Bonchev–Trinajstić information content (AvgIpc) is 3.23. The van der Waals surface area contributed by atoms with Crippen LogP contribution in [-0.2, 0) is 23.6 Å². The molecule has 5 nitrogen and oxygen atoms in total. The van der Waals surface area contributed by atoms with E-state index in [-0.39, 0.29) is 44.4 Å². The second-order valence-corrected chi connectivity index (χ2v) is 9.21. The maximum atomic E-state index is 13.4. The monoisotopic (exact) mass is 525 g/mol. The van der Waals surface area contributed by atoms with E-state index >= 15 is 0 Å². The lowest BCUT2D eigenvalue weighted by atomic mass is 9.98. The van der Waals surface area contributed by atoms with Gasteiger partial charge in [-0.2, -0.15) is 26.3 Å². The highest BCUT2D eigenvalue weighted by atomic mass is 19.4. The molecule has 1 aliphatic heterocycles. The SMILES string of the molecule is CCC(=O)N1CCN(C(=O)c2cc(C(F)(F)F)cc(C(F)(F)F)c2)C(Cc2c[nH]c3ccc(C)cc23)C1. The largest absolute Gasteiger partial charge is 0.416 e. The van der Waals surface area contributed by atoms with E-state index in [9.17, 15) is 35.9 Å². The highest BCUT2D eigenvalue weighted by molar-refractivity contribution is 5.95. The number of aromatic nitrogens is 1. The van der Waals surface area contributed by atoms with Crippen molar-refractivity contribution < 1.29 is 35.9 Å². The predicted molar refractivity (Wildman–Crippen MR) is 125 cm³/mol. The minimum atomic E-state index is -5.07. The van der Waals surface area contributed by atoms with Gasteiger partial charge < -0.3 is 14.8 Å². The number of aryl methyl sites for hydroxylation is 1. The number of halogens is 6. The quantitative estimate of drug-likeness (QED) is 0.437. The number of hydrogen-bond acceptors (Lipinski definition) is 2. The van der Waals surface area contributed by atoms with Crippen LogP contribution in [0.5, 0.6) is 0 Å². The number of fused-ring (bicyclic) bond motifs is 1. The first kappa shape index (κ1) is 26.6. The molecule has 1 aromatic heterocycles. The van der Waals surface area contributed by atoms with Crippen LogP contribution in [-0.4, -0.2) is 52.3 Å². The second-order valence-electron chi connectivity index (χ2n) is 9.21. The Morgan fingerprint density at radius 2 is 1.62 bits per heavy atom. The standard InChI is InChI=1S/C26H25F6N3O2/c1-3-23(36)34-6-7-35(20(14-34)11-17-13-33-22-5-4-15(2)8-21(17)22)24(37)16-9-18(25(27,28)29)12-19(10-16)26(30,31)32/h4-5,8-10,12-13,20,33H,3,6-7,11,14H2,1-2H3. The molecule has 4 rings (SSSR count). The van der Waals surface area contributed by atoms with Gasteiger partial charge in [0.25, 0.3) is 5.91 Å². The Labute approximate surface area is 209 Å². The molecule has 1 atom stereocenters. The maximum absolute atomic E-state index is 13.4. The number of aromatic amines is 1. The molecule has 3 aromatic rings. The molecular formula is C26H25F6N3O2. The average molecular weight is 525 g/mol. The second kappa shape index (κ2) is 9.75. The Morgan fingerprint density at radius 3 is 2.22 bits per heavy atom. The summed E-state index contributed by atoms with van der Waals surface area (Å²) in [5, 5.41) is 0.893. The van der Waals surface area contributed by atoms with Gasteiger partial charge in [-0.25, -0.2) is 0 Å². The summed E-state index contributed by atoms with van der Waals surface area (Å²) in [7, 11) is 0. The topological polar surface area (TPSA) is 56.4 Å². The van der Waals surface area contributed by atoms with Gasteiger partial charge in [0, 0.05) is 48.7 Å². The van der Waals surface area contributed by atoms with Crippen LogP contribution in [0.1, 0.15) is 46.0 Å². The number of piperazine rings is 1. The summed E-state index contributed by atoms with van der Waals surface area (Å²) in [6.45, 7) is 3.84. The van der Waals surface area contributed by atoms with E-state index in [0.717, 1.165) is 22.0 Å². The Hall–Kier alpha value is -3.50. The van der Waals surface area contributed by atoms with Gasteiger partial charge in [0.15, 0.2) is 0 Å². The predicted octanol–water partition coefficient (Wildman–Crippen LogP) is 5.82. The summed E-state index contributed by atoms with van der Waals surface area (Å²) in [6.07, 6.45) is -7.88. The summed E-state index contributed by atoms with van der Waals surface area (Å²) in [5.41, 5.74) is -1.12. The van der Waals surface area contributed by atoms with Crippen molar-refractivity contribution in [1.29, 1.82) is 0 Å². The van der Waals surface area contributed by atoms with Crippen molar-refractivity contribution in [2.75, 3.05) is 19.6 Å². The minimum absolute atomic E-state index is 0.000387. The molecule has 2 heterocycles. The van der Waals surface area contributed by atoms with E-state index in [1.807, 2.05) is 25.1 Å². The Kier molecular flexibility index (Phi) is 7.00. The van der Waals surface area contributed by atoms with Crippen molar-refractivity contribution in [2.45, 2.75) is 45.1 Å². The smallest absolute Gasteiger partial charge is 0.361 e. The molecular weight excluding hydrogens is 500 g/mol. The van der Waals surface area contributed by atoms with Gasteiger partial charge in [0.1, 0.15) is 0 Å². The van der Waals surface area contributed by atoms with Gasteiger partial charge in [-0.3, -0.25) is 9.59 Å². The molecule has 1 aliphatic rings.